The number of rotatable bonds is 5. The fraction of sp³-hybridized carbons (Fsp3) is 0.750. The summed E-state index contributed by atoms with van der Waals surface area (Å²) in [4.78, 5) is 26.4. The summed E-state index contributed by atoms with van der Waals surface area (Å²) in [6.07, 6.45) is -2.18. The van der Waals surface area contributed by atoms with Crippen LogP contribution in [0.15, 0.2) is 0 Å². The van der Waals surface area contributed by atoms with Crippen LogP contribution in [0.4, 0.5) is 0 Å². The number of hydrogen-bond donors (Lipinski definition) is 4. The summed E-state index contributed by atoms with van der Waals surface area (Å²) in [6, 6.07) is 0. The Hall–Kier alpha value is 1.18. The number of nitrogens with zero attached hydrogens (tertiary/aromatic N) is 1. The van der Waals surface area contributed by atoms with E-state index in [0.717, 1.165) is 0 Å². The topological polar surface area (TPSA) is 118 Å². The average Bonchev–Trinajstić information content (AvgIpc) is 1.82. The molecular formula is C4H11KNO6P. The second kappa shape index (κ2) is 7.47. The third-order valence-electron chi connectivity index (χ3n) is 0.968. The number of aliphatic hydroxyl groups is 1. The Labute approximate surface area is 117 Å². The van der Waals surface area contributed by atoms with Gasteiger partial charge in [0.05, 0.1) is 18.8 Å². The van der Waals surface area contributed by atoms with Gasteiger partial charge in [0, 0.05) is 0 Å². The molecule has 0 saturated carbocycles. The maximum atomic E-state index is 10.3. The molecule has 0 bridgehead atoms. The molecule has 0 saturated heterocycles. The number of aliphatic hydroxyl groups excluding tert-OH is 1. The van der Waals surface area contributed by atoms with Crippen LogP contribution in [0, 0.1) is 0 Å². The third-order valence-corrected chi connectivity index (χ3v) is 1.87. The van der Waals surface area contributed by atoms with Crippen LogP contribution in [0.25, 0.3) is 0 Å². The summed E-state index contributed by atoms with van der Waals surface area (Å²) in [5, 5.41) is 17.4. The van der Waals surface area contributed by atoms with Gasteiger partial charge >= 0.3 is 59.0 Å². The summed E-state index contributed by atoms with van der Waals surface area (Å²) < 4.78 is 10.3. The van der Waals surface area contributed by atoms with Crippen molar-refractivity contribution >= 4 is 65.4 Å². The van der Waals surface area contributed by atoms with E-state index in [2.05, 4.69) is 0 Å². The normalized spacial score (nSPS) is 12.9. The van der Waals surface area contributed by atoms with E-state index < -0.39 is 26.4 Å². The van der Waals surface area contributed by atoms with E-state index in [1.54, 1.807) is 0 Å². The Kier molecular flexibility index (Phi) is 9.53. The van der Waals surface area contributed by atoms with Crippen molar-refractivity contribution in [2.24, 2.45) is 0 Å². The third kappa shape index (κ3) is 11.1. The van der Waals surface area contributed by atoms with Crippen molar-refractivity contribution in [2.75, 3.05) is 12.7 Å². The number of amides is 1. The van der Waals surface area contributed by atoms with Crippen LogP contribution >= 0.6 is 7.60 Å². The number of hydrogen-bond acceptors (Lipinski definition) is 4. The standard InChI is InChI=1S/C4H10NO6P.K.H/c6-3-5(8)1-4(7)2-12(9,10)11;;/h3-4,7-8H,1-2H2,(H2,9,10,11);;. The zero-order valence-corrected chi connectivity index (χ0v) is 6.96. The predicted octanol–water partition coefficient (Wildman–Crippen LogP) is -2.28. The molecule has 74 valence electrons. The van der Waals surface area contributed by atoms with Crippen LogP contribution < -0.4 is 0 Å². The predicted molar refractivity (Wildman–Crippen MR) is 44.6 cm³/mol. The molecule has 0 spiro atoms. The van der Waals surface area contributed by atoms with Crippen molar-refractivity contribution in [3.8, 4) is 0 Å². The molecule has 0 aliphatic rings. The molecule has 0 aliphatic carbocycles. The van der Waals surface area contributed by atoms with Crippen molar-refractivity contribution in [3.63, 3.8) is 0 Å². The van der Waals surface area contributed by atoms with Crippen molar-refractivity contribution in [2.45, 2.75) is 6.10 Å². The molecule has 13 heavy (non-hydrogen) atoms. The van der Waals surface area contributed by atoms with E-state index in [0.29, 0.717) is 0 Å². The minimum absolute atomic E-state index is 0. The van der Waals surface area contributed by atoms with Gasteiger partial charge in [0.25, 0.3) is 0 Å². The molecule has 1 atom stereocenters. The van der Waals surface area contributed by atoms with Gasteiger partial charge in [-0.1, -0.05) is 0 Å². The molecule has 0 aliphatic heterocycles. The van der Waals surface area contributed by atoms with Gasteiger partial charge in [-0.3, -0.25) is 14.6 Å². The fourth-order valence-corrected chi connectivity index (χ4v) is 1.26. The first-order chi connectivity index (χ1) is 5.35. The molecule has 9 heteroatoms. The first kappa shape index (κ1) is 16.6. The van der Waals surface area contributed by atoms with Crippen LogP contribution in [-0.4, -0.2) is 102 Å². The quantitative estimate of drug-likeness (QED) is 0.141. The first-order valence-corrected chi connectivity index (χ1v) is 4.78. The zero-order valence-electron chi connectivity index (χ0n) is 6.07. The van der Waals surface area contributed by atoms with Crippen molar-refractivity contribution in [3.05, 3.63) is 0 Å². The SMILES string of the molecule is O=CN(O)CC(O)CP(=O)(O)O.[KH]. The van der Waals surface area contributed by atoms with E-state index in [9.17, 15) is 9.36 Å². The number of hydroxylamine groups is 2. The van der Waals surface area contributed by atoms with E-state index in [4.69, 9.17) is 20.1 Å². The van der Waals surface area contributed by atoms with Crippen LogP contribution in [0.1, 0.15) is 0 Å². The van der Waals surface area contributed by atoms with Crippen LogP contribution in [0.2, 0.25) is 0 Å². The van der Waals surface area contributed by atoms with Crippen molar-refractivity contribution in [1.29, 1.82) is 0 Å². The molecular weight excluding hydrogens is 228 g/mol. The molecule has 0 heterocycles. The monoisotopic (exact) mass is 239 g/mol. The van der Waals surface area contributed by atoms with Gasteiger partial charge in [-0.25, -0.2) is 5.06 Å². The molecule has 0 fully saturated rings. The van der Waals surface area contributed by atoms with Gasteiger partial charge in [-0.15, -0.1) is 0 Å². The molecule has 1 unspecified atom stereocenters. The van der Waals surface area contributed by atoms with Gasteiger partial charge in [0.1, 0.15) is 0 Å². The molecule has 1 amide bonds. The Morgan fingerprint density at radius 1 is 1.46 bits per heavy atom. The second-order valence-electron chi connectivity index (χ2n) is 2.23. The molecule has 0 aromatic carbocycles. The molecule has 4 N–H and O–H groups in total. The van der Waals surface area contributed by atoms with E-state index in [1.807, 2.05) is 0 Å². The Morgan fingerprint density at radius 2 is 1.92 bits per heavy atom. The molecule has 0 aromatic rings. The zero-order chi connectivity index (χ0) is 9.78. The van der Waals surface area contributed by atoms with E-state index in [1.165, 1.54) is 0 Å². The number of carbonyl (C=O) groups excluding carboxylic acids is 1. The average molecular weight is 239 g/mol. The summed E-state index contributed by atoms with van der Waals surface area (Å²) in [5.41, 5.74) is 0. The van der Waals surface area contributed by atoms with E-state index >= 15 is 0 Å². The van der Waals surface area contributed by atoms with Gasteiger partial charge in [-0.2, -0.15) is 0 Å². The summed E-state index contributed by atoms with van der Waals surface area (Å²) in [6.45, 7) is -0.519. The summed E-state index contributed by atoms with van der Waals surface area (Å²) >= 11 is 0. The van der Waals surface area contributed by atoms with Gasteiger partial charge < -0.3 is 14.9 Å². The molecule has 0 radical (unpaired) electrons. The van der Waals surface area contributed by atoms with Crippen LogP contribution in [0.3, 0.4) is 0 Å². The first-order valence-electron chi connectivity index (χ1n) is 2.98. The Bertz CT molecular complexity index is 195. The van der Waals surface area contributed by atoms with Crippen molar-refractivity contribution in [1.82, 2.24) is 5.06 Å². The molecule has 0 rings (SSSR count). The molecule has 7 nitrogen and oxygen atoms in total. The van der Waals surface area contributed by atoms with Gasteiger partial charge in [0.15, 0.2) is 0 Å². The fourth-order valence-electron chi connectivity index (χ4n) is 0.591. The summed E-state index contributed by atoms with van der Waals surface area (Å²) in [5.74, 6) is 0. The molecule has 0 aromatic heterocycles. The van der Waals surface area contributed by atoms with Gasteiger partial charge in [-0.05, 0) is 0 Å². The minimum atomic E-state index is -4.29. The van der Waals surface area contributed by atoms with Crippen LogP contribution in [-0.2, 0) is 9.36 Å². The Morgan fingerprint density at radius 3 is 2.23 bits per heavy atom. The second-order valence-corrected chi connectivity index (χ2v) is 3.92. The van der Waals surface area contributed by atoms with Crippen molar-refractivity contribution < 1.29 is 29.5 Å². The summed E-state index contributed by atoms with van der Waals surface area (Å²) in [7, 11) is -4.29. The number of carbonyl (C=O) groups is 1. The van der Waals surface area contributed by atoms with E-state index in [-0.39, 0.29) is 62.9 Å². The van der Waals surface area contributed by atoms with Crippen LogP contribution in [0.5, 0.6) is 0 Å². The Balaban J connectivity index is 0. The van der Waals surface area contributed by atoms with Gasteiger partial charge in [0.2, 0.25) is 6.41 Å². The maximum absolute atomic E-state index is 10.3.